The zero-order valence-corrected chi connectivity index (χ0v) is 14.8. The summed E-state index contributed by atoms with van der Waals surface area (Å²) in [6, 6.07) is 0. The number of carbonyl (C=O) groups is 1. The first-order valence-corrected chi connectivity index (χ1v) is 9.23. The van der Waals surface area contributed by atoms with E-state index in [9.17, 15) is 15.0 Å². The maximum Gasteiger partial charge on any atom is 0.305 e. The molecule has 0 bridgehead atoms. The minimum atomic E-state index is -1.54. The van der Waals surface area contributed by atoms with Crippen LogP contribution >= 0.6 is 0 Å². The molecule has 0 unspecified atom stereocenters. The van der Waals surface area contributed by atoms with Crippen LogP contribution in [0.5, 0.6) is 0 Å². The van der Waals surface area contributed by atoms with Crippen LogP contribution in [-0.4, -0.2) is 40.3 Å². The Hall–Kier alpha value is -0.650. The Morgan fingerprint density at radius 1 is 0.826 bits per heavy atom. The number of hydrogen-bond donors (Lipinski definition) is 3. The fourth-order valence-electron chi connectivity index (χ4n) is 2.62. The molecule has 5 nitrogen and oxygen atoms in total. The summed E-state index contributed by atoms with van der Waals surface area (Å²) in [5.41, 5.74) is 0. The second kappa shape index (κ2) is 14.9. The third-order valence-corrected chi connectivity index (χ3v) is 4.00. The van der Waals surface area contributed by atoms with Crippen LogP contribution in [0, 0.1) is 0 Å². The van der Waals surface area contributed by atoms with Crippen molar-refractivity contribution in [3.8, 4) is 0 Å². The minimum Gasteiger partial charge on any atom is -0.466 e. The van der Waals surface area contributed by atoms with E-state index < -0.39 is 5.79 Å². The SMILES string of the molecule is CCOC(=O)CCCCCCCCC(O)(O)CCCCCCO. The highest BCUT2D eigenvalue weighted by atomic mass is 16.5. The van der Waals surface area contributed by atoms with E-state index in [-0.39, 0.29) is 12.6 Å². The highest BCUT2D eigenvalue weighted by Gasteiger charge is 2.21. The first-order chi connectivity index (χ1) is 11.0. The predicted octanol–water partition coefficient (Wildman–Crippen LogP) is 3.29. The van der Waals surface area contributed by atoms with Crippen molar-refractivity contribution in [2.45, 2.75) is 96.2 Å². The third-order valence-electron chi connectivity index (χ3n) is 4.00. The van der Waals surface area contributed by atoms with Gasteiger partial charge in [-0.25, -0.2) is 0 Å². The van der Waals surface area contributed by atoms with Crippen molar-refractivity contribution in [3.63, 3.8) is 0 Å². The fraction of sp³-hybridized carbons (Fsp3) is 0.944. The summed E-state index contributed by atoms with van der Waals surface area (Å²) in [5, 5.41) is 28.4. The second-order valence-electron chi connectivity index (χ2n) is 6.30. The summed E-state index contributed by atoms with van der Waals surface area (Å²) < 4.78 is 4.87. The van der Waals surface area contributed by atoms with Crippen LogP contribution in [0.3, 0.4) is 0 Å². The maximum absolute atomic E-state index is 11.1. The van der Waals surface area contributed by atoms with Crippen molar-refractivity contribution in [1.82, 2.24) is 0 Å². The van der Waals surface area contributed by atoms with Crippen LogP contribution in [0.25, 0.3) is 0 Å². The molecular weight excluding hydrogens is 296 g/mol. The average Bonchev–Trinajstić information content (AvgIpc) is 2.50. The number of rotatable bonds is 16. The summed E-state index contributed by atoms with van der Waals surface area (Å²) in [5.74, 6) is -1.65. The average molecular weight is 332 g/mol. The van der Waals surface area contributed by atoms with Crippen molar-refractivity contribution in [2.75, 3.05) is 13.2 Å². The molecule has 0 fully saturated rings. The largest absolute Gasteiger partial charge is 0.466 e. The lowest BCUT2D eigenvalue weighted by molar-refractivity contribution is -0.172. The zero-order valence-electron chi connectivity index (χ0n) is 14.8. The van der Waals surface area contributed by atoms with Gasteiger partial charge >= 0.3 is 5.97 Å². The highest BCUT2D eigenvalue weighted by Crippen LogP contribution is 2.20. The third kappa shape index (κ3) is 16.0. The van der Waals surface area contributed by atoms with Gasteiger partial charge in [0.1, 0.15) is 0 Å². The van der Waals surface area contributed by atoms with E-state index in [1.54, 1.807) is 0 Å². The molecule has 0 aromatic heterocycles. The van der Waals surface area contributed by atoms with Gasteiger partial charge in [0.25, 0.3) is 0 Å². The van der Waals surface area contributed by atoms with Crippen LogP contribution in [0.15, 0.2) is 0 Å². The van der Waals surface area contributed by atoms with Crippen LogP contribution < -0.4 is 0 Å². The minimum absolute atomic E-state index is 0.114. The molecule has 0 aromatic rings. The van der Waals surface area contributed by atoms with Gasteiger partial charge in [-0.3, -0.25) is 4.79 Å². The zero-order chi connectivity index (χ0) is 17.4. The Morgan fingerprint density at radius 3 is 1.83 bits per heavy atom. The molecule has 0 spiro atoms. The predicted molar refractivity (Wildman–Crippen MR) is 90.9 cm³/mol. The van der Waals surface area contributed by atoms with Crippen LogP contribution in [-0.2, 0) is 9.53 Å². The monoisotopic (exact) mass is 332 g/mol. The Balaban J connectivity index is 3.39. The van der Waals surface area contributed by atoms with Gasteiger partial charge < -0.3 is 20.1 Å². The Kier molecular flexibility index (Phi) is 14.5. The van der Waals surface area contributed by atoms with Crippen LogP contribution in [0.1, 0.15) is 90.4 Å². The molecule has 5 heteroatoms. The summed E-state index contributed by atoms with van der Waals surface area (Å²) >= 11 is 0. The van der Waals surface area contributed by atoms with Gasteiger partial charge in [-0.2, -0.15) is 0 Å². The van der Waals surface area contributed by atoms with Gasteiger partial charge in [-0.15, -0.1) is 0 Å². The molecule has 0 saturated carbocycles. The van der Waals surface area contributed by atoms with E-state index in [1.807, 2.05) is 6.92 Å². The number of unbranched alkanes of at least 4 members (excludes halogenated alkanes) is 8. The molecule has 0 aromatic carbocycles. The van der Waals surface area contributed by atoms with E-state index in [0.717, 1.165) is 64.2 Å². The standard InChI is InChI=1S/C18H36O5/c1-2-23-17(20)13-9-5-3-4-6-10-14-18(21,22)15-11-7-8-12-16-19/h19,21-22H,2-16H2,1H3. The Labute approximate surface area is 141 Å². The van der Waals surface area contributed by atoms with E-state index >= 15 is 0 Å². The normalized spacial score (nSPS) is 11.7. The number of aliphatic hydroxyl groups excluding tert-OH is 1. The fourth-order valence-corrected chi connectivity index (χ4v) is 2.62. The van der Waals surface area contributed by atoms with Crippen molar-refractivity contribution < 1.29 is 24.9 Å². The van der Waals surface area contributed by atoms with Gasteiger partial charge in [0.2, 0.25) is 0 Å². The first-order valence-electron chi connectivity index (χ1n) is 9.23. The summed E-state index contributed by atoms with van der Waals surface area (Å²) in [7, 11) is 0. The summed E-state index contributed by atoms with van der Waals surface area (Å²) in [4.78, 5) is 11.1. The molecule has 0 atom stereocenters. The number of aliphatic hydroxyl groups is 3. The molecule has 0 heterocycles. The van der Waals surface area contributed by atoms with Gasteiger partial charge in [-0.1, -0.05) is 38.5 Å². The Bertz CT molecular complexity index is 279. The van der Waals surface area contributed by atoms with Crippen molar-refractivity contribution >= 4 is 5.97 Å². The second-order valence-corrected chi connectivity index (χ2v) is 6.30. The highest BCUT2D eigenvalue weighted by molar-refractivity contribution is 5.69. The molecule has 138 valence electrons. The number of esters is 1. The van der Waals surface area contributed by atoms with E-state index in [1.165, 1.54) is 0 Å². The number of hydrogen-bond acceptors (Lipinski definition) is 5. The molecule has 0 aliphatic heterocycles. The molecule has 3 N–H and O–H groups in total. The lowest BCUT2D eigenvalue weighted by Crippen LogP contribution is -2.27. The van der Waals surface area contributed by atoms with Gasteiger partial charge in [-0.05, 0) is 32.6 Å². The topological polar surface area (TPSA) is 87.0 Å². The smallest absolute Gasteiger partial charge is 0.305 e. The molecule has 0 aliphatic carbocycles. The van der Waals surface area contributed by atoms with Crippen LogP contribution in [0.2, 0.25) is 0 Å². The number of ether oxygens (including phenoxy) is 1. The maximum atomic E-state index is 11.1. The Morgan fingerprint density at radius 2 is 1.30 bits per heavy atom. The molecule has 0 radical (unpaired) electrons. The van der Waals surface area contributed by atoms with Gasteiger partial charge in [0, 0.05) is 25.9 Å². The summed E-state index contributed by atoms with van der Waals surface area (Å²) in [6.07, 6.45) is 10.6. The molecule has 0 aliphatic rings. The van der Waals surface area contributed by atoms with Crippen LogP contribution in [0.4, 0.5) is 0 Å². The van der Waals surface area contributed by atoms with Crippen molar-refractivity contribution in [1.29, 1.82) is 0 Å². The van der Waals surface area contributed by atoms with E-state index in [4.69, 9.17) is 9.84 Å². The van der Waals surface area contributed by atoms with E-state index in [0.29, 0.717) is 25.9 Å². The number of carbonyl (C=O) groups excluding carboxylic acids is 1. The molecule has 0 rings (SSSR count). The van der Waals surface area contributed by atoms with Crippen molar-refractivity contribution in [2.24, 2.45) is 0 Å². The first kappa shape index (κ1) is 22.4. The molecule has 23 heavy (non-hydrogen) atoms. The molecular formula is C18H36O5. The lowest BCUT2D eigenvalue weighted by atomic mass is 9.99. The van der Waals surface area contributed by atoms with E-state index in [2.05, 4.69) is 0 Å². The molecule has 0 saturated heterocycles. The summed E-state index contributed by atoms with van der Waals surface area (Å²) in [6.45, 7) is 2.48. The molecule has 0 amide bonds. The quantitative estimate of drug-likeness (QED) is 0.229. The van der Waals surface area contributed by atoms with Crippen molar-refractivity contribution in [3.05, 3.63) is 0 Å². The lowest BCUT2D eigenvalue weighted by Gasteiger charge is -2.21. The van der Waals surface area contributed by atoms with Gasteiger partial charge in [0.15, 0.2) is 5.79 Å². The van der Waals surface area contributed by atoms with Gasteiger partial charge in [0.05, 0.1) is 6.61 Å².